The van der Waals surface area contributed by atoms with Crippen molar-refractivity contribution in [3.8, 4) is 0 Å². The molecule has 164 valence electrons. The minimum Gasteiger partial charge on any atom is -0.388 e. The van der Waals surface area contributed by atoms with E-state index in [1.807, 2.05) is 24.0 Å². The lowest BCUT2D eigenvalue weighted by molar-refractivity contribution is -0.130. The Morgan fingerprint density at radius 3 is 2.41 bits per heavy atom. The van der Waals surface area contributed by atoms with E-state index in [-0.39, 0.29) is 36.4 Å². The average Bonchev–Trinajstić information content (AvgIpc) is 2.70. The molecule has 3 N–H and O–H groups in total. The van der Waals surface area contributed by atoms with Gasteiger partial charge in [-0.05, 0) is 37.3 Å². The molecule has 0 aromatic heterocycles. The van der Waals surface area contributed by atoms with E-state index in [0.29, 0.717) is 25.6 Å². The normalized spacial score (nSPS) is 14.1. The van der Waals surface area contributed by atoms with Crippen LogP contribution in [0.15, 0.2) is 29.3 Å². The highest BCUT2D eigenvalue weighted by Gasteiger charge is 2.25. The van der Waals surface area contributed by atoms with Gasteiger partial charge in [0.05, 0.1) is 5.60 Å². The first-order valence-electron chi connectivity index (χ1n) is 10.6. The molecule has 0 spiro atoms. The first-order valence-corrected chi connectivity index (χ1v) is 10.6. The van der Waals surface area contributed by atoms with Gasteiger partial charge in [0.15, 0.2) is 5.96 Å². The number of amides is 1. The number of hydrogen-bond acceptors (Lipinski definition) is 3. The summed E-state index contributed by atoms with van der Waals surface area (Å²) in [5, 5.41) is 17.2. The quantitative estimate of drug-likeness (QED) is 0.268. The second-order valence-corrected chi connectivity index (χ2v) is 7.61. The summed E-state index contributed by atoms with van der Waals surface area (Å²) in [5.74, 6) is 0.614. The van der Waals surface area contributed by atoms with Gasteiger partial charge in [-0.25, -0.2) is 4.99 Å². The number of fused-ring (bicyclic) bond motifs is 1. The average molecular weight is 516 g/mol. The molecule has 0 aliphatic carbocycles. The highest BCUT2D eigenvalue weighted by atomic mass is 127. The molecule has 1 amide bonds. The van der Waals surface area contributed by atoms with Crippen LogP contribution in [0.5, 0.6) is 0 Å². The molecule has 1 aliphatic rings. The van der Waals surface area contributed by atoms with E-state index in [1.54, 1.807) is 0 Å². The molecule has 0 bridgehead atoms. The van der Waals surface area contributed by atoms with Crippen molar-refractivity contribution in [3.05, 3.63) is 35.4 Å². The van der Waals surface area contributed by atoms with Crippen molar-refractivity contribution in [1.82, 2.24) is 15.5 Å². The monoisotopic (exact) mass is 516 g/mol. The standard InChI is InChI=1S/C22H36N4O2.HI/c1-4-12-22(28,13-5-2)17-25-21(23-6-3)24-15-20(27)26-14-11-18-9-7-8-10-19(18)16-26;/h7-10,28H,4-6,11-17H2,1-3H3,(H2,23,24,25);1H. The number of guanidine groups is 1. The van der Waals surface area contributed by atoms with Gasteiger partial charge in [0.1, 0.15) is 6.54 Å². The van der Waals surface area contributed by atoms with Gasteiger partial charge >= 0.3 is 0 Å². The number of benzene rings is 1. The lowest BCUT2D eigenvalue weighted by Gasteiger charge is -2.29. The first kappa shape index (κ1) is 25.7. The predicted molar refractivity (Wildman–Crippen MR) is 130 cm³/mol. The molecule has 1 heterocycles. The molecule has 0 saturated heterocycles. The molecule has 0 saturated carbocycles. The van der Waals surface area contributed by atoms with Crippen LogP contribution in [0.2, 0.25) is 0 Å². The third kappa shape index (κ3) is 8.12. The second kappa shape index (κ2) is 13.1. The van der Waals surface area contributed by atoms with E-state index in [9.17, 15) is 9.90 Å². The van der Waals surface area contributed by atoms with E-state index in [0.717, 1.165) is 38.6 Å². The van der Waals surface area contributed by atoms with Crippen molar-refractivity contribution in [2.45, 2.75) is 65.0 Å². The zero-order chi connectivity index (χ0) is 20.4. The Morgan fingerprint density at radius 1 is 1.14 bits per heavy atom. The van der Waals surface area contributed by atoms with Crippen LogP contribution >= 0.6 is 24.0 Å². The largest absolute Gasteiger partial charge is 0.388 e. The van der Waals surface area contributed by atoms with Crippen molar-refractivity contribution in [2.24, 2.45) is 4.99 Å². The number of nitrogens with one attached hydrogen (secondary N) is 2. The highest BCUT2D eigenvalue weighted by molar-refractivity contribution is 14.0. The van der Waals surface area contributed by atoms with Crippen LogP contribution < -0.4 is 10.6 Å². The van der Waals surface area contributed by atoms with Gasteiger partial charge in [0.2, 0.25) is 5.91 Å². The maximum atomic E-state index is 12.6. The van der Waals surface area contributed by atoms with Crippen molar-refractivity contribution < 1.29 is 9.90 Å². The fraction of sp³-hybridized carbons (Fsp3) is 0.636. The molecule has 1 aliphatic heterocycles. The fourth-order valence-corrected chi connectivity index (χ4v) is 3.78. The number of nitrogens with zero attached hydrogens (tertiary/aromatic N) is 2. The molecule has 1 aromatic carbocycles. The molecule has 29 heavy (non-hydrogen) atoms. The molecular weight excluding hydrogens is 479 g/mol. The van der Waals surface area contributed by atoms with Crippen LogP contribution in [0.3, 0.4) is 0 Å². The smallest absolute Gasteiger partial charge is 0.244 e. The van der Waals surface area contributed by atoms with Crippen LogP contribution in [0.25, 0.3) is 0 Å². The van der Waals surface area contributed by atoms with Gasteiger partial charge in [0, 0.05) is 26.2 Å². The maximum absolute atomic E-state index is 12.6. The Labute approximate surface area is 192 Å². The summed E-state index contributed by atoms with van der Waals surface area (Å²) in [6, 6.07) is 8.29. The number of rotatable bonds is 9. The second-order valence-electron chi connectivity index (χ2n) is 7.61. The predicted octanol–water partition coefficient (Wildman–Crippen LogP) is 3.08. The number of aliphatic hydroxyl groups is 1. The number of aliphatic imine (C=N–C) groups is 1. The minimum absolute atomic E-state index is 0. The number of hydrogen-bond donors (Lipinski definition) is 3. The topological polar surface area (TPSA) is 77.0 Å². The lowest BCUT2D eigenvalue weighted by atomic mass is 9.93. The Kier molecular flexibility index (Phi) is 11.6. The summed E-state index contributed by atoms with van der Waals surface area (Å²) < 4.78 is 0. The van der Waals surface area contributed by atoms with Crippen LogP contribution in [-0.4, -0.2) is 53.7 Å². The summed E-state index contributed by atoms with van der Waals surface area (Å²) in [7, 11) is 0. The van der Waals surface area contributed by atoms with Gasteiger partial charge in [-0.2, -0.15) is 0 Å². The molecule has 0 atom stereocenters. The van der Waals surface area contributed by atoms with Crippen molar-refractivity contribution in [2.75, 3.05) is 26.2 Å². The molecule has 7 heteroatoms. The molecule has 0 unspecified atom stereocenters. The van der Waals surface area contributed by atoms with E-state index in [4.69, 9.17) is 0 Å². The molecule has 2 rings (SSSR count). The number of halogens is 1. The molecule has 0 fully saturated rings. The van der Waals surface area contributed by atoms with Crippen LogP contribution in [0.1, 0.15) is 57.6 Å². The fourth-order valence-electron chi connectivity index (χ4n) is 3.78. The van der Waals surface area contributed by atoms with Gasteiger partial charge in [-0.3, -0.25) is 4.79 Å². The summed E-state index contributed by atoms with van der Waals surface area (Å²) in [6.07, 6.45) is 4.26. The lowest BCUT2D eigenvalue weighted by Crippen LogP contribution is -2.47. The number of carbonyl (C=O) groups excluding carboxylic acids is 1. The summed E-state index contributed by atoms with van der Waals surface area (Å²) >= 11 is 0. The SMILES string of the molecule is CCCC(O)(CCC)CNC(=NCC(=O)N1CCc2ccccc2C1)NCC.I. The molecule has 1 aromatic rings. The summed E-state index contributed by atoms with van der Waals surface area (Å²) in [4.78, 5) is 19.0. The summed E-state index contributed by atoms with van der Waals surface area (Å²) in [6.45, 7) is 8.79. The highest BCUT2D eigenvalue weighted by Crippen LogP contribution is 2.19. The Balaban J connectivity index is 0.00000420. The van der Waals surface area contributed by atoms with E-state index < -0.39 is 5.60 Å². The van der Waals surface area contributed by atoms with Crippen molar-refractivity contribution in [3.63, 3.8) is 0 Å². The number of carbonyl (C=O) groups is 1. The van der Waals surface area contributed by atoms with Crippen molar-refractivity contribution >= 4 is 35.8 Å². The Hall–Kier alpha value is -1.35. The van der Waals surface area contributed by atoms with Crippen LogP contribution in [-0.2, 0) is 17.8 Å². The first-order chi connectivity index (χ1) is 13.5. The molecular formula is C22H37IN4O2. The Morgan fingerprint density at radius 2 is 1.79 bits per heavy atom. The molecule has 0 radical (unpaired) electrons. The Bertz CT molecular complexity index is 660. The van der Waals surface area contributed by atoms with Gasteiger partial charge in [0.25, 0.3) is 0 Å². The van der Waals surface area contributed by atoms with E-state index in [1.165, 1.54) is 11.1 Å². The minimum atomic E-state index is -0.736. The zero-order valence-electron chi connectivity index (χ0n) is 18.0. The van der Waals surface area contributed by atoms with Gasteiger partial charge in [-0.1, -0.05) is 51.0 Å². The van der Waals surface area contributed by atoms with Gasteiger partial charge < -0.3 is 20.6 Å². The van der Waals surface area contributed by atoms with Crippen molar-refractivity contribution in [1.29, 1.82) is 0 Å². The van der Waals surface area contributed by atoms with Crippen LogP contribution in [0.4, 0.5) is 0 Å². The zero-order valence-corrected chi connectivity index (χ0v) is 20.4. The molecule has 6 nitrogen and oxygen atoms in total. The van der Waals surface area contributed by atoms with Crippen LogP contribution in [0, 0.1) is 0 Å². The van der Waals surface area contributed by atoms with Gasteiger partial charge in [-0.15, -0.1) is 24.0 Å². The van der Waals surface area contributed by atoms with E-state index >= 15 is 0 Å². The summed E-state index contributed by atoms with van der Waals surface area (Å²) in [5.41, 5.74) is 1.82. The maximum Gasteiger partial charge on any atom is 0.244 e. The third-order valence-corrected chi connectivity index (χ3v) is 5.22. The third-order valence-electron chi connectivity index (χ3n) is 5.22. The van der Waals surface area contributed by atoms with E-state index in [2.05, 4.69) is 41.6 Å².